The molecule has 3 aromatic carbocycles. The highest BCUT2D eigenvalue weighted by molar-refractivity contribution is 5.66. The summed E-state index contributed by atoms with van der Waals surface area (Å²) in [4.78, 5) is 0. The van der Waals surface area contributed by atoms with Gasteiger partial charge in [0.25, 0.3) is 0 Å². The first kappa shape index (κ1) is 22.4. The molecule has 0 fully saturated rings. The number of hydrogen-bond donors (Lipinski definition) is 0. The predicted molar refractivity (Wildman–Crippen MR) is 113 cm³/mol. The summed E-state index contributed by atoms with van der Waals surface area (Å²) in [6, 6.07) is 12.6. The third-order valence-electron chi connectivity index (χ3n) is 4.83. The highest BCUT2D eigenvalue weighted by Crippen LogP contribution is 2.30. The number of allylic oxidation sites excluding steroid dienone is 1. The van der Waals surface area contributed by atoms with Gasteiger partial charge in [-0.2, -0.15) is 0 Å². The molecule has 0 spiro atoms. The van der Waals surface area contributed by atoms with E-state index in [1.165, 1.54) is 43.5 Å². The van der Waals surface area contributed by atoms with Gasteiger partial charge in [0, 0.05) is 23.6 Å². The molecule has 0 saturated heterocycles. The fourth-order valence-corrected chi connectivity index (χ4v) is 3.19. The van der Waals surface area contributed by atoms with Crippen molar-refractivity contribution in [2.24, 2.45) is 0 Å². The van der Waals surface area contributed by atoms with Crippen molar-refractivity contribution in [1.82, 2.24) is 0 Å². The van der Waals surface area contributed by atoms with Crippen LogP contribution in [0.15, 0.2) is 67.3 Å². The Bertz CT molecular complexity index is 1070. The first-order valence-corrected chi connectivity index (χ1v) is 9.72. The summed E-state index contributed by atoms with van der Waals surface area (Å²) >= 11 is 0. The molecule has 0 amide bonds. The second kappa shape index (κ2) is 10.2. The second-order valence-electron chi connectivity index (χ2n) is 6.94. The normalized spacial score (nSPS) is 11.8. The Kier molecular flexibility index (Phi) is 7.34. The number of ether oxygens (including phenoxy) is 2. The topological polar surface area (TPSA) is 18.5 Å². The van der Waals surface area contributed by atoms with Crippen LogP contribution < -0.4 is 9.47 Å². The van der Waals surface area contributed by atoms with Crippen LogP contribution in [0, 0.1) is 17.5 Å². The molecule has 0 aliphatic carbocycles. The Morgan fingerprint density at radius 2 is 1.74 bits per heavy atom. The number of rotatable bonds is 9. The summed E-state index contributed by atoms with van der Waals surface area (Å²) in [6.45, 7) is 3.44. The summed E-state index contributed by atoms with van der Waals surface area (Å²) in [6.07, 6.45) is 0.394. The molecule has 31 heavy (non-hydrogen) atoms. The molecular weight excluding hydrogens is 408 g/mol. The molecule has 0 aromatic heterocycles. The Morgan fingerprint density at radius 3 is 2.39 bits per heavy atom. The van der Waals surface area contributed by atoms with Crippen molar-refractivity contribution in [3.05, 3.63) is 95.8 Å². The molecule has 3 aromatic rings. The minimum atomic E-state index is -1.59. The molecule has 0 radical (unpaired) electrons. The molecule has 0 N–H and O–H groups in total. The average Bonchev–Trinajstić information content (AvgIpc) is 2.75. The predicted octanol–water partition coefficient (Wildman–Crippen LogP) is 6.99. The highest BCUT2D eigenvalue weighted by atomic mass is 19.1. The number of hydrogen-bond acceptors (Lipinski definition) is 2. The van der Waals surface area contributed by atoms with E-state index in [0.29, 0.717) is 23.3 Å². The van der Waals surface area contributed by atoms with Crippen LogP contribution in [0.5, 0.6) is 11.5 Å². The van der Waals surface area contributed by atoms with Crippen LogP contribution in [0.2, 0.25) is 0 Å². The Hall–Kier alpha value is -3.28. The summed E-state index contributed by atoms with van der Waals surface area (Å²) in [5, 5.41) is 0. The monoisotopic (exact) mass is 430 g/mol. The van der Waals surface area contributed by atoms with Gasteiger partial charge < -0.3 is 9.47 Å². The molecule has 0 saturated carbocycles. The zero-order valence-corrected chi connectivity index (χ0v) is 17.0. The lowest BCUT2D eigenvalue weighted by Crippen LogP contribution is -2.05. The van der Waals surface area contributed by atoms with Crippen molar-refractivity contribution in [2.45, 2.75) is 19.0 Å². The fraction of sp³-hybridized carbons (Fsp3) is 0.200. The average molecular weight is 430 g/mol. The van der Waals surface area contributed by atoms with Crippen LogP contribution in [-0.2, 0) is 6.42 Å². The zero-order valence-electron chi connectivity index (χ0n) is 17.0. The van der Waals surface area contributed by atoms with E-state index in [1.807, 2.05) is 0 Å². The van der Waals surface area contributed by atoms with E-state index in [2.05, 4.69) is 6.58 Å². The number of alkyl halides is 1. The minimum absolute atomic E-state index is 0.0674. The number of halogens is 4. The smallest absolute Gasteiger partial charge is 0.165 e. The zero-order chi connectivity index (χ0) is 22.4. The lowest BCUT2D eigenvalue weighted by Gasteiger charge is -2.13. The first-order valence-electron chi connectivity index (χ1n) is 9.72. The van der Waals surface area contributed by atoms with Gasteiger partial charge >= 0.3 is 0 Å². The van der Waals surface area contributed by atoms with E-state index in [1.54, 1.807) is 18.2 Å². The van der Waals surface area contributed by atoms with E-state index in [0.717, 1.165) is 6.07 Å². The van der Waals surface area contributed by atoms with Crippen LogP contribution in [0.3, 0.4) is 0 Å². The molecule has 1 atom stereocenters. The third-order valence-corrected chi connectivity index (χ3v) is 4.83. The van der Waals surface area contributed by atoms with Gasteiger partial charge in [0.1, 0.15) is 23.6 Å². The van der Waals surface area contributed by atoms with E-state index in [-0.39, 0.29) is 29.9 Å². The molecular formula is C25H22F4O2. The van der Waals surface area contributed by atoms with E-state index >= 15 is 0 Å². The van der Waals surface area contributed by atoms with E-state index < -0.39 is 23.6 Å². The van der Waals surface area contributed by atoms with Gasteiger partial charge in [0.2, 0.25) is 0 Å². The molecule has 1 unspecified atom stereocenters. The van der Waals surface area contributed by atoms with Crippen molar-refractivity contribution >= 4 is 0 Å². The maximum absolute atomic E-state index is 14.4. The standard InChI is InChI=1S/C25H22F4O2/c1-3-4-16-5-8-20(22(27)13-16)21(26)11-12-31-25-10-6-17(14-24(25)29)19-9-7-18(30-2)15-23(19)28/h3,5-10,13-15,21H,1,4,11-12H2,2H3. The Morgan fingerprint density at radius 1 is 0.935 bits per heavy atom. The third kappa shape index (κ3) is 5.45. The first-order chi connectivity index (χ1) is 14.9. The van der Waals surface area contributed by atoms with E-state index in [9.17, 15) is 17.6 Å². The van der Waals surface area contributed by atoms with Gasteiger partial charge in [-0.05, 0) is 47.9 Å². The minimum Gasteiger partial charge on any atom is -0.497 e. The summed E-state index contributed by atoms with van der Waals surface area (Å²) in [5.41, 5.74) is 1.18. The van der Waals surface area contributed by atoms with Crippen LogP contribution in [-0.4, -0.2) is 13.7 Å². The van der Waals surface area contributed by atoms with Crippen LogP contribution >= 0.6 is 0 Å². The van der Waals surface area contributed by atoms with Gasteiger partial charge in [-0.1, -0.05) is 24.3 Å². The molecule has 2 nitrogen and oxygen atoms in total. The lowest BCUT2D eigenvalue weighted by atomic mass is 10.0. The van der Waals surface area contributed by atoms with Crippen LogP contribution in [0.4, 0.5) is 17.6 Å². The fourth-order valence-electron chi connectivity index (χ4n) is 3.19. The number of benzene rings is 3. The maximum Gasteiger partial charge on any atom is 0.165 e. The van der Waals surface area contributed by atoms with Gasteiger partial charge in [0.15, 0.2) is 11.6 Å². The summed E-state index contributed by atoms with van der Waals surface area (Å²) < 4.78 is 67.4. The molecule has 0 aliphatic rings. The summed E-state index contributed by atoms with van der Waals surface area (Å²) in [5.74, 6) is -1.62. The van der Waals surface area contributed by atoms with Gasteiger partial charge in [0.05, 0.1) is 13.7 Å². The van der Waals surface area contributed by atoms with Gasteiger partial charge in [-0.15, -0.1) is 6.58 Å². The highest BCUT2D eigenvalue weighted by Gasteiger charge is 2.16. The summed E-state index contributed by atoms with van der Waals surface area (Å²) in [7, 11) is 1.43. The molecule has 0 aliphatic heterocycles. The van der Waals surface area contributed by atoms with Crippen LogP contribution in [0.25, 0.3) is 11.1 Å². The Balaban J connectivity index is 1.63. The quantitative estimate of drug-likeness (QED) is 0.269. The maximum atomic E-state index is 14.4. The van der Waals surface area contributed by atoms with Gasteiger partial charge in [-0.3, -0.25) is 0 Å². The van der Waals surface area contributed by atoms with Crippen molar-refractivity contribution < 1.29 is 27.0 Å². The van der Waals surface area contributed by atoms with Gasteiger partial charge in [-0.25, -0.2) is 17.6 Å². The van der Waals surface area contributed by atoms with E-state index in [4.69, 9.17) is 9.47 Å². The molecule has 0 bridgehead atoms. The molecule has 162 valence electrons. The van der Waals surface area contributed by atoms with Crippen molar-refractivity contribution in [1.29, 1.82) is 0 Å². The lowest BCUT2D eigenvalue weighted by molar-refractivity contribution is 0.227. The van der Waals surface area contributed by atoms with Crippen molar-refractivity contribution in [3.63, 3.8) is 0 Å². The molecule has 6 heteroatoms. The van der Waals surface area contributed by atoms with Crippen molar-refractivity contribution in [3.8, 4) is 22.6 Å². The van der Waals surface area contributed by atoms with Crippen LogP contribution in [0.1, 0.15) is 23.7 Å². The van der Waals surface area contributed by atoms with Crippen molar-refractivity contribution in [2.75, 3.05) is 13.7 Å². The second-order valence-corrected chi connectivity index (χ2v) is 6.94. The largest absolute Gasteiger partial charge is 0.497 e. The molecule has 3 rings (SSSR count). The molecule has 0 heterocycles. The number of methoxy groups -OCH3 is 1. The SMILES string of the molecule is C=CCc1ccc(C(F)CCOc2ccc(-c3ccc(OC)cc3F)cc2F)c(F)c1. The Labute approximate surface area is 178 Å².